The number of likely N-dealkylation sites (tertiary alicyclic amines) is 1. The summed E-state index contributed by atoms with van der Waals surface area (Å²) in [5.41, 5.74) is 2.63. The van der Waals surface area contributed by atoms with Crippen LogP contribution < -0.4 is 9.47 Å². The Morgan fingerprint density at radius 3 is 2.59 bits per heavy atom. The van der Waals surface area contributed by atoms with Crippen LogP contribution in [0.5, 0.6) is 11.6 Å². The molecule has 12 heteroatoms. The molecule has 4 aromatic rings. The highest BCUT2D eigenvalue weighted by Gasteiger charge is 2.26. The number of imidazole rings is 1. The summed E-state index contributed by atoms with van der Waals surface area (Å²) in [6.07, 6.45) is 2.40. The monoisotopic (exact) mass is 603 g/mol. The lowest BCUT2D eigenvalue weighted by molar-refractivity contribution is -0.136. The number of halogens is 2. The quantitative estimate of drug-likeness (QED) is 0.262. The predicted octanol–water partition coefficient (Wildman–Crippen LogP) is 4.62. The van der Waals surface area contributed by atoms with E-state index in [-0.39, 0.29) is 48.1 Å². The molecule has 6 rings (SSSR count). The van der Waals surface area contributed by atoms with Crippen LogP contribution >= 0.6 is 0 Å². The molecular formula is C32H31F2N5O5. The number of nitrogens with zero attached hydrogens (tertiary/aromatic N) is 5. The van der Waals surface area contributed by atoms with E-state index in [0.717, 1.165) is 67.4 Å². The fourth-order valence-electron chi connectivity index (χ4n) is 5.48. The summed E-state index contributed by atoms with van der Waals surface area (Å²) < 4.78 is 48.0. The number of benzene rings is 2. The second-order valence-electron chi connectivity index (χ2n) is 11.0. The highest BCUT2D eigenvalue weighted by atomic mass is 19.1. The maximum absolute atomic E-state index is 14.4. The minimum Gasteiger partial charge on any atom is -0.484 e. The number of piperidine rings is 1. The molecule has 0 unspecified atom stereocenters. The molecule has 0 amide bonds. The van der Waals surface area contributed by atoms with E-state index in [4.69, 9.17) is 24.5 Å². The summed E-state index contributed by atoms with van der Waals surface area (Å²) >= 11 is 0. The van der Waals surface area contributed by atoms with Gasteiger partial charge in [-0.3, -0.25) is 9.69 Å². The first-order chi connectivity index (χ1) is 21.3. The molecule has 0 bridgehead atoms. The van der Waals surface area contributed by atoms with Crippen LogP contribution in [-0.2, 0) is 35.6 Å². The molecule has 2 fully saturated rings. The Morgan fingerprint density at radius 1 is 1.07 bits per heavy atom. The van der Waals surface area contributed by atoms with Crippen molar-refractivity contribution < 1.29 is 32.9 Å². The summed E-state index contributed by atoms with van der Waals surface area (Å²) in [4.78, 5) is 22.7. The minimum absolute atomic E-state index is 0.00967. The van der Waals surface area contributed by atoms with Gasteiger partial charge in [-0.25, -0.2) is 18.7 Å². The van der Waals surface area contributed by atoms with Gasteiger partial charge < -0.3 is 23.9 Å². The third-order valence-electron chi connectivity index (χ3n) is 7.93. The van der Waals surface area contributed by atoms with Crippen LogP contribution in [0.4, 0.5) is 8.78 Å². The number of ether oxygens (including phenoxy) is 3. The van der Waals surface area contributed by atoms with Gasteiger partial charge in [-0.2, -0.15) is 5.26 Å². The zero-order chi connectivity index (χ0) is 30.6. The summed E-state index contributed by atoms with van der Waals surface area (Å²) in [7, 11) is 0. The van der Waals surface area contributed by atoms with Crippen LogP contribution in [0.3, 0.4) is 0 Å². The summed E-state index contributed by atoms with van der Waals surface area (Å²) in [6.45, 7) is 3.26. The fourth-order valence-corrected chi connectivity index (χ4v) is 5.48. The smallest absolute Gasteiger partial charge is 0.307 e. The average molecular weight is 604 g/mol. The van der Waals surface area contributed by atoms with Crippen molar-refractivity contribution in [1.82, 2.24) is 19.4 Å². The number of rotatable bonds is 11. The highest BCUT2D eigenvalue weighted by molar-refractivity contribution is 5.79. The van der Waals surface area contributed by atoms with Crippen LogP contribution in [0.1, 0.15) is 41.9 Å². The largest absolute Gasteiger partial charge is 0.484 e. The van der Waals surface area contributed by atoms with Gasteiger partial charge in [-0.1, -0.05) is 6.07 Å². The first-order valence-corrected chi connectivity index (χ1v) is 14.5. The molecule has 0 saturated carbocycles. The van der Waals surface area contributed by atoms with Gasteiger partial charge in [0.2, 0.25) is 5.88 Å². The summed E-state index contributed by atoms with van der Waals surface area (Å²) in [5.74, 6) is -1.10. The Labute approximate surface area is 252 Å². The van der Waals surface area contributed by atoms with Crippen LogP contribution in [0.25, 0.3) is 11.0 Å². The Hall–Kier alpha value is -4.60. The molecule has 2 aliphatic rings. The second kappa shape index (κ2) is 13.0. The molecule has 2 aliphatic heterocycles. The van der Waals surface area contributed by atoms with E-state index in [9.17, 15) is 18.7 Å². The molecule has 44 heavy (non-hydrogen) atoms. The molecule has 1 atom stereocenters. The number of pyridine rings is 1. The van der Waals surface area contributed by atoms with Crippen molar-refractivity contribution in [2.75, 3.05) is 19.7 Å². The van der Waals surface area contributed by atoms with Crippen molar-refractivity contribution >= 4 is 17.0 Å². The molecule has 228 valence electrons. The Kier molecular flexibility index (Phi) is 8.67. The molecular weight excluding hydrogens is 572 g/mol. The van der Waals surface area contributed by atoms with Gasteiger partial charge in [0.15, 0.2) is 11.6 Å². The lowest BCUT2D eigenvalue weighted by Crippen LogP contribution is -2.39. The number of aromatic nitrogens is 3. The Balaban J connectivity index is 1.07. The van der Waals surface area contributed by atoms with E-state index in [1.54, 1.807) is 0 Å². The molecule has 0 aliphatic carbocycles. The second-order valence-corrected chi connectivity index (χ2v) is 11.0. The van der Waals surface area contributed by atoms with Crippen molar-refractivity contribution in [2.45, 2.75) is 57.6 Å². The van der Waals surface area contributed by atoms with E-state index in [1.807, 2.05) is 24.3 Å². The fraction of sp³-hybridized carbons (Fsp3) is 0.375. The van der Waals surface area contributed by atoms with Gasteiger partial charge in [-0.05, 0) is 61.2 Å². The zero-order valence-electron chi connectivity index (χ0n) is 23.9. The number of carbonyl (C=O) groups is 1. The van der Waals surface area contributed by atoms with E-state index in [1.165, 1.54) is 24.3 Å². The zero-order valence-corrected chi connectivity index (χ0v) is 23.9. The first-order valence-electron chi connectivity index (χ1n) is 14.5. The number of fused-ring (bicyclic) bond motifs is 1. The van der Waals surface area contributed by atoms with Crippen molar-refractivity contribution in [1.29, 1.82) is 5.26 Å². The van der Waals surface area contributed by atoms with Gasteiger partial charge in [0.05, 0.1) is 48.3 Å². The molecule has 4 heterocycles. The van der Waals surface area contributed by atoms with Crippen LogP contribution in [0, 0.1) is 23.0 Å². The Morgan fingerprint density at radius 2 is 1.89 bits per heavy atom. The number of carboxylic acids is 1. The van der Waals surface area contributed by atoms with Crippen molar-refractivity contribution in [3.05, 3.63) is 82.8 Å². The maximum atomic E-state index is 14.4. The van der Waals surface area contributed by atoms with E-state index in [0.29, 0.717) is 13.1 Å². The van der Waals surface area contributed by atoms with Gasteiger partial charge in [0.25, 0.3) is 0 Å². The van der Waals surface area contributed by atoms with Crippen molar-refractivity contribution in [3.8, 4) is 17.7 Å². The van der Waals surface area contributed by atoms with Gasteiger partial charge in [-0.15, -0.1) is 0 Å². The lowest BCUT2D eigenvalue weighted by Gasteiger charge is -2.32. The van der Waals surface area contributed by atoms with Crippen LogP contribution in [0.2, 0.25) is 0 Å². The molecule has 2 saturated heterocycles. The molecule has 1 N–H and O–H groups in total. The Bertz CT molecular complexity index is 1710. The number of aliphatic carboxylic acids is 1. The van der Waals surface area contributed by atoms with Gasteiger partial charge in [0.1, 0.15) is 30.0 Å². The van der Waals surface area contributed by atoms with E-state index < -0.39 is 17.6 Å². The molecule has 2 aromatic heterocycles. The van der Waals surface area contributed by atoms with Crippen molar-refractivity contribution in [2.24, 2.45) is 0 Å². The van der Waals surface area contributed by atoms with Gasteiger partial charge >= 0.3 is 5.97 Å². The van der Waals surface area contributed by atoms with Crippen LogP contribution in [-0.4, -0.2) is 62.4 Å². The number of hydrogen-bond acceptors (Lipinski definition) is 8. The number of nitriles is 1. The molecule has 0 radical (unpaired) electrons. The summed E-state index contributed by atoms with van der Waals surface area (Å²) in [5, 5.41) is 18.1. The minimum atomic E-state index is -0.873. The average Bonchev–Trinajstić information content (AvgIpc) is 3.32. The van der Waals surface area contributed by atoms with E-state index >= 15 is 0 Å². The standard InChI is InChI=1S/C32H31F2N5O5/c33-24-3-6-31(37-27(24)19-43-29-5-2-21(16-35)13-25(29)34)44-22-7-10-38(11-8-22)18-30-36-26-4-1-20(15-32(40)41)14-28(26)39(30)17-23-9-12-42-23/h1-6,13-14,22-23H,7-12,15,17-19H2,(H,40,41)/t23-/m0/s1. The topological polar surface area (TPSA) is 123 Å². The first kappa shape index (κ1) is 29.5. The highest BCUT2D eigenvalue weighted by Crippen LogP contribution is 2.26. The lowest BCUT2D eigenvalue weighted by atomic mass is 10.1. The molecule has 10 nitrogen and oxygen atoms in total. The molecule has 0 spiro atoms. The molecule has 2 aromatic carbocycles. The van der Waals surface area contributed by atoms with Crippen molar-refractivity contribution in [3.63, 3.8) is 0 Å². The summed E-state index contributed by atoms with van der Waals surface area (Å²) in [6, 6.07) is 14.0. The van der Waals surface area contributed by atoms with E-state index in [2.05, 4.69) is 14.5 Å². The van der Waals surface area contributed by atoms with Gasteiger partial charge in [0, 0.05) is 25.8 Å². The number of carboxylic acid groups (broad SMARTS) is 1. The third-order valence-corrected chi connectivity index (χ3v) is 7.93. The normalized spacial score (nSPS) is 17.2. The SMILES string of the molecule is N#Cc1ccc(OCc2nc(OC3CCN(Cc4nc5ccc(CC(=O)O)cc5n4C[C@@H]4CCO4)CC3)ccc2F)c(F)c1. The van der Waals surface area contributed by atoms with Crippen LogP contribution in [0.15, 0.2) is 48.5 Å². The maximum Gasteiger partial charge on any atom is 0.307 e. The number of hydrogen-bond donors (Lipinski definition) is 1. The third kappa shape index (κ3) is 6.79. The predicted molar refractivity (Wildman–Crippen MR) is 154 cm³/mol.